The van der Waals surface area contributed by atoms with E-state index in [0.717, 1.165) is 19.3 Å². The van der Waals surface area contributed by atoms with Crippen molar-refractivity contribution in [1.82, 2.24) is 0 Å². The van der Waals surface area contributed by atoms with Crippen molar-refractivity contribution in [3.8, 4) is 6.07 Å². The maximum absolute atomic E-state index is 8.60. The van der Waals surface area contributed by atoms with Gasteiger partial charge in [0.25, 0.3) is 0 Å². The minimum Gasteiger partial charge on any atom is -0.366 e. The average molecular weight is 200 g/mol. The highest BCUT2D eigenvalue weighted by molar-refractivity contribution is 4.91. The summed E-state index contributed by atoms with van der Waals surface area (Å²) in [5, 5.41) is 17.0. The fourth-order valence-corrected chi connectivity index (χ4v) is 1.13. The summed E-state index contributed by atoms with van der Waals surface area (Å²) in [5.74, 6) is -0.704. The highest BCUT2D eigenvalue weighted by atomic mass is 16.6. The number of hydrogen-bond acceptors (Lipinski definition) is 4. The molecule has 0 aromatic carbocycles. The molecule has 4 heteroatoms. The van der Waals surface area contributed by atoms with Gasteiger partial charge in [-0.2, -0.15) is 5.26 Å². The third kappa shape index (κ3) is 6.84. The van der Waals surface area contributed by atoms with Crippen LogP contribution in [0.4, 0.5) is 0 Å². The Morgan fingerprint density at radius 2 is 2.00 bits per heavy atom. The standard InChI is InChI=1S/C6H10N2.C4H10O2/c7-4-5-1-2-6(8)3-5;1-4(2,5)6-3/h5-6H,1-3,8H2;5H,1-3H3. The van der Waals surface area contributed by atoms with Gasteiger partial charge in [0.1, 0.15) is 0 Å². The van der Waals surface area contributed by atoms with Crippen LogP contribution in [0, 0.1) is 17.2 Å². The van der Waals surface area contributed by atoms with E-state index in [1.54, 1.807) is 13.8 Å². The van der Waals surface area contributed by atoms with Gasteiger partial charge in [-0.25, -0.2) is 0 Å². The van der Waals surface area contributed by atoms with Crippen molar-refractivity contribution in [2.45, 2.75) is 44.9 Å². The zero-order valence-electron chi connectivity index (χ0n) is 9.16. The lowest BCUT2D eigenvalue weighted by atomic mass is 10.1. The molecule has 0 saturated heterocycles. The van der Waals surface area contributed by atoms with Crippen molar-refractivity contribution < 1.29 is 9.84 Å². The molecule has 0 amide bonds. The van der Waals surface area contributed by atoms with Gasteiger partial charge < -0.3 is 15.6 Å². The molecule has 0 radical (unpaired) electrons. The minimum absolute atomic E-state index is 0.255. The van der Waals surface area contributed by atoms with Gasteiger partial charge in [0.15, 0.2) is 5.79 Å². The molecular formula is C10H20N2O2. The van der Waals surface area contributed by atoms with Crippen molar-refractivity contribution in [1.29, 1.82) is 5.26 Å². The predicted octanol–water partition coefficient (Wildman–Crippen LogP) is 0.999. The molecule has 4 nitrogen and oxygen atoms in total. The van der Waals surface area contributed by atoms with Crippen LogP contribution in [-0.2, 0) is 4.74 Å². The van der Waals surface area contributed by atoms with Gasteiger partial charge in [-0.15, -0.1) is 0 Å². The fourth-order valence-electron chi connectivity index (χ4n) is 1.13. The number of nitrogens with two attached hydrogens (primary N) is 1. The van der Waals surface area contributed by atoms with Crippen LogP contribution in [0.3, 0.4) is 0 Å². The molecule has 1 fully saturated rings. The third-order valence-corrected chi connectivity index (χ3v) is 2.16. The zero-order valence-corrected chi connectivity index (χ0v) is 9.16. The number of hydrogen-bond donors (Lipinski definition) is 2. The average Bonchev–Trinajstić information content (AvgIpc) is 2.51. The van der Waals surface area contributed by atoms with Gasteiger partial charge in [-0.3, -0.25) is 0 Å². The minimum atomic E-state index is -0.958. The molecule has 2 unspecified atom stereocenters. The second-order valence-corrected chi connectivity index (χ2v) is 4.05. The summed E-state index contributed by atoms with van der Waals surface area (Å²) < 4.78 is 4.49. The molecule has 1 aliphatic carbocycles. The van der Waals surface area contributed by atoms with Gasteiger partial charge in [0, 0.05) is 19.1 Å². The van der Waals surface area contributed by atoms with Crippen LogP contribution in [0.1, 0.15) is 33.1 Å². The van der Waals surface area contributed by atoms with Crippen molar-refractivity contribution in [3.05, 3.63) is 0 Å². The number of methoxy groups -OCH3 is 1. The lowest BCUT2D eigenvalue weighted by molar-refractivity contribution is -0.155. The van der Waals surface area contributed by atoms with Gasteiger partial charge in [0.2, 0.25) is 0 Å². The fraction of sp³-hybridized carbons (Fsp3) is 0.900. The zero-order chi connectivity index (χ0) is 11.2. The van der Waals surface area contributed by atoms with Crippen LogP contribution >= 0.6 is 0 Å². The molecular weight excluding hydrogens is 180 g/mol. The number of ether oxygens (including phenoxy) is 1. The molecule has 3 N–H and O–H groups in total. The topological polar surface area (TPSA) is 79.3 Å². The molecule has 1 saturated carbocycles. The van der Waals surface area contributed by atoms with Crippen LogP contribution in [0.5, 0.6) is 0 Å². The Labute approximate surface area is 85.7 Å². The first-order valence-electron chi connectivity index (χ1n) is 4.81. The first kappa shape index (κ1) is 13.4. The molecule has 0 spiro atoms. The van der Waals surface area contributed by atoms with Crippen molar-refractivity contribution in [3.63, 3.8) is 0 Å². The summed E-state index contributed by atoms with van der Waals surface area (Å²) in [6, 6.07) is 2.52. The molecule has 0 heterocycles. The molecule has 82 valence electrons. The highest BCUT2D eigenvalue weighted by Crippen LogP contribution is 2.22. The van der Waals surface area contributed by atoms with Crippen LogP contribution < -0.4 is 5.73 Å². The lowest BCUT2D eigenvalue weighted by Crippen LogP contribution is -2.20. The van der Waals surface area contributed by atoms with E-state index < -0.39 is 5.79 Å². The van der Waals surface area contributed by atoms with Crippen molar-refractivity contribution in [2.24, 2.45) is 11.7 Å². The molecule has 1 rings (SSSR count). The summed E-state index contributed by atoms with van der Waals surface area (Å²) in [6.07, 6.45) is 2.96. The Kier molecular flexibility index (Phi) is 5.70. The van der Waals surface area contributed by atoms with E-state index >= 15 is 0 Å². The Hall–Kier alpha value is -0.630. The molecule has 2 atom stereocenters. The van der Waals surface area contributed by atoms with Gasteiger partial charge in [0.05, 0.1) is 6.07 Å². The molecule has 0 aliphatic heterocycles. The Morgan fingerprint density at radius 1 is 1.50 bits per heavy atom. The number of nitriles is 1. The monoisotopic (exact) mass is 200 g/mol. The summed E-state index contributed by atoms with van der Waals surface area (Å²) >= 11 is 0. The van der Waals surface area contributed by atoms with E-state index in [1.165, 1.54) is 7.11 Å². The van der Waals surface area contributed by atoms with Crippen LogP contribution in [0.2, 0.25) is 0 Å². The van der Waals surface area contributed by atoms with Crippen molar-refractivity contribution >= 4 is 0 Å². The summed E-state index contributed by atoms with van der Waals surface area (Å²) in [7, 11) is 1.46. The number of rotatable bonds is 1. The molecule has 0 aromatic rings. The van der Waals surface area contributed by atoms with Gasteiger partial charge in [-0.1, -0.05) is 0 Å². The van der Waals surface area contributed by atoms with Crippen LogP contribution in [0.15, 0.2) is 0 Å². The lowest BCUT2D eigenvalue weighted by Gasteiger charge is -2.12. The smallest absolute Gasteiger partial charge is 0.159 e. The SMILES string of the molecule is COC(C)(C)O.N#CC1CCC(N)C1. The summed E-state index contributed by atoms with van der Waals surface area (Å²) in [5.41, 5.74) is 5.55. The largest absolute Gasteiger partial charge is 0.366 e. The number of nitrogens with zero attached hydrogens (tertiary/aromatic N) is 1. The van der Waals surface area contributed by atoms with E-state index in [9.17, 15) is 0 Å². The maximum Gasteiger partial charge on any atom is 0.159 e. The van der Waals surface area contributed by atoms with E-state index in [-0.39, 0.29) is 5.92 Å². The van der Waals surface area contributed by atoms with Gasteiger partial charge in [-0.05, 0) is 33.1 Å². The number of aliphatic hydroxyl groups is 1. The second kappa shape index (κ2) is 5.97. The highest BCUT2D eigenvalue weighted by Gasteiger charge is 2.20. The van der Waals surface area contributed by atoms with E-state index in [0.29, 0.717) is 6.04 Å². The summed E-state index contributed by atoms with van der Waals surface area (Å²) in [6.45, 7) is 3.15. The molecule has 14 heavy (non-hydrogen) atoms. The Morgan fingerprint density at radius 3 is 2.14 bits per heavy atom. The van der Waals surface area contributed by atoms with Crippen molar-refractivity contribution in [2.75, 3.05) is 7.11 Å². The predicted molar refractivity (Wildman–Crippen MR) is 54.2 cm³/mol. The third-order valence-electron chi connectivity index (χ3n) is 2.16. The Balaban J connectivity index is 0.000000255. The maximum atomic E-state index is 8.60. The van der Waals surface area contributed by atoms with Gasteiger partial charge >= 0.3 is 0 Å². The first-order chi connectivity index (χ1) is 6.39. The van der Waals surface area contributed by atoms with Crippen LogP contribution in [0.25, 0.3) is 0 Å². The first-order valence-corrected chi connectivity index (χ1v) is 4.81. The van der Waals surface area contributed by atoms with E-state index in [1.807, 2.05) is 0 Å². The molecule has 0 aromatic heterocycles. The second-order valence-electron chi connectivity index (χ2n) is 4.05. The van der Waals surface area contributed by atoms with E-state index in [2.05, 4.69) is 10.8 Å². The quantitative estimate of drug-likeness (QED) is 0.619. The normalized spacial score (nSPS) is 26.3. The molecule has 1 aliphatic rings. The Bertz CT molecular complexity index is 193. The van der Waals surface area contributed by atoms with E-state index in [4.69, 9.17) is 16.1 Å². The molecule has 0 bridgehead atoms. The summed E-state index contributed by atoms with van der Waals surface area (Å²) in [4.78, 5) is 0. The van der Waals surface area contributed by atoms with Crippen LogP contribution in [-0.4, -0.2) is 24.0 Å².